The highest BCUT2D eigenvalue weighted by Crippen LogP contribution is 1.98. The van der Waals surface area contributed by atoms with Gasteiger partial charge in [-0.15, -0.1) is 0 Å². The molecular weight excluding hydrogens is 154 g/mol. The molecule has 0 aromatic rings. The van der Waals surface area contributed by atoms with Gasteiger partial charge >= 0.3 is 0 Å². The van der Waals surface area contributed by atoms with Crippen LogP contribution in [0, 0.1) is 0 Å². The highest BCUT2D eigenvalue weighted by molar-refractivity contribution is 6.64. The lowest BCUT2D eigenvalue weighted by Crippen LogP contribution is -2.35. The van der Waals surface area contributed by atoms with Crippen molar-refractivity contribution < 1.29 is 9.90 Å². The van der Waals surface area contributed by atoms with Gasteiger partial charge in [0.1, 0.15) is 0 Å². The summed E-state index contributed by atoms with van der Waals surface area (Å²) in [5.41, 5.74) is 0. The number of nitrogens with zero attached hydrogens (tertiary/aromatic N) is 1. The molecule has 0 heterocycles. The minimum absolute atomic E-state index is 0.0466. The number of aliphatic hydroxyl groups is 1. The predicted octanol–water partition coefficient (Wildman–Crippen LogP) is 0.0644. The molecule has 0 saturated carbocycles. The van der Waals surface area contributed by atoms with Crippen molar-refractivity contribution in [2.24, 2.45) is 0 Å². The summed E-state index contributed by atoms with van der Waals surface area (Å²) in [5, 5.41) is 8.08. The Bertz CT molecular complexity index is 118. The second-order valence-corrected chi connectivity index (χ2v) is 2.56. The molecule has 1 atom stereocenters. The first-order valence-electron chi connectivity index (χ1n) is 3.10. The SMILES string of the molecule is CC(C(=O)Cl)N(C)CCO. The molecule has 1 unspecified atom stereocenters. The highest BCUT2D eigenvalue weighted by Gasteiger charge is 2.13. The van der Waals surface area contributed by atoms with Crippen molar-refractivity contribution >= 4 is 16.8 Å². The van der Waals surface area contributed by atoms with Crippen LogP contribution in [0.15, 0.2) is 0 Å². The Hall–Kier alpha value is -0.120. The number of carbonyl (C=O) groups is 1. The van der Waals surface area contributed by atoms with E-state index in [4.69, 9.17) is 16.7 Å². The third kappa shape index (κ3) is 3.15. The molecule has 0 rings (SSSR count). The van der Waals surface area contributed by atoms with E-state index in [0.717, 1.165) is 0 Å². The molecule has 0 aliphatic heterocycles. The maximum Gasteiger partial charge on any atom is 0.238 e. The molecule has 0 aliphatic rings. The van der Waals surface area contributed by atoms with Crippen LogP contribution in [0.3, 0.4) is 0 Å². The fraction of sp³-hybridized carbons (Fsp3) is 0.833. The first-order chi connectivity index (χ1) is 4.59. The summed E-state index contributed by atoms with van der Waals surface area (Å²) in [6.45, 7) is 2.22. The summed E-state index contributed by atoms with van der Waals surface area (Å²) >= 11 is 5.20. The molecule has 0 aromatic carbocycles. The van der Waals surface area contributed by atoms with Gasteiger partial charge in [-0.2, -0.15) is 0 Å². The molecule has 4 heteroatoms. The third-order valence-corrected chi connectivity index (χ3v) is 1.76. The fourth-order valence-electron chi connectivity index (χ4n) is 0.525. The number of hydrogen-bond donors (Lipinski definition) is 1. The summed E-state index contributed by atoms with van der Waals surface area (Å²) in [4.78, 5) is 12.2. The lowest BCUT2D eigenvalue weighted by molar-refractivity contribution is -0.115. The van der Waals surface area contributed by atoms with E-state index in [9.17, 15) is 4.79 Å². The van der Waals surface area contributed by atoms with Crippen molar-refractivity contribution in [1.29, 1.82) is 0 Å². The molecular formula is C6H12ClNO2. The van der Waals surface area contributed by atoms with Gasteiger partial charge < -0.3 is 5.11 Å². The number of likely N-dealkylation sites (N-methyl/N-ethyl adjacent to an activating group) is 1. The minimum atomic E-state index is -0.393. The molecule has 1 N–H and O–H groups in total. The second kappa shape index (κ2) is 4.66. The standard InChI is InChI=1S/C6H12ClNO2/c1-5(6(7)10)8(2)3-4-9/h5,9H,3-4H2,1-2H3. The van der Waals surface area contributed by atoms with Gasteiger partial charge in [0.25, 0.3) is 0 Å². The molecule has 0 saturated heterocycles. The van der Waals surface area contributed by atoms with Crippen molar-refractivity contribution in [3.63, 3.8) is 0 Å². The Morgan fingerprint density at radius 2 is 2.30 bits per heavy atom. The van der Waals surface area contributed by atoms with Gasteiger partial charge in [-0.1, -0.05) is 0 Å². The van der Waals surface area contributed by atoms with Gasteiger partial charge in [-0.05, 0) is 25.6 Å². The van der Waals surface area contributed by atoms with Gasteiger partial charge in [-0.3, -0.25) is 9.69 Å². The molecule has 3 nitrogen and oxygen atoms in total. The summed E-state index contributed by atoms with van der Waals surface area (Å²) in [6, 6.07) is -0.311. The smallest absolute Gasteiger partial charge is 0.238 e. The van der Waals surface area contributed by atoms with E-state index < -0.39 is 5.24 Å². The van der Waals surface area contributed by atoms with E-state index in [0.29, 0.717) is 6.54 Å². The monoisotopic (exact) mass is 165 g/mol. The van der Waals surface area contributed by atoms with Crippen molar-refractivity contribution in [1.82, 2.24) is 4.90 Å². The molecule has 0 bridgehead atoms. The van der Waals surface area contributed by atoms with E-state index in [2.05, 4.69) is 0 Å². The molecule has 10 heavy (non-hydrogen) atoms. The molecule has 0 aromatic heterocycles. The van der Waals surface area contributed by atoms with Crippen LogP contribution in [-0.4, -0.2) is 41.5 Å². The van der Waals surface area contributed by atoms with Crippen molar-refractivity contribution in [3.05, 3.63) is 0 Å². The zero-order chi connectivity index (χ0) is 8.15. The number of hydrogen-bond acceptors (Lipinski definition) is 3. The average Bonchev–Trinajstić information content (AvgIpc) is 1.87. The van der Waals surface area contributed by atoms with Crippen LogP contribution in [0.25, 0.3) is 0 Å². The Labute approximate surface area is 65.6 Å². The van der Waals surface area contributed by atoms with E-state index in [-0.39, 0.29) is 12.6 Å². The Morgan fingerprint density at radius 3 is 2.60 bits per heavy atom. The Kier molecular flexibility index (Phi) is 4.60. The van der Waals surface area contributed by atoms with E-state index in [1.54, 1.807) is 18.9 Å². The lowest BCUT2D eigenvalue weighted by Gasteiger charge is -2.19. The second-order valence-electron chi connectivity index (χ2n) is 2.18. The molecule has 60 valence electrons. The van der Waals surface area contributed by atoms with Crippen LogP contribution in [0.2, 0.25) is 0 Å². The van der Waals surface area contributed by atoms with Crippen LogP contribution in [0.5, 0.6) is 0 Å². The molecule has 0 spiro atoms. The topological polar surface area (TPSA) is 40.5 Å². The normalized spacial score (nSPS) is 13.7. The van der Waals surface area contributed by atoms with E-state index in [1.807, 2.05) is 0 Å². The van der Waals surface area contributed by atoms with Gasteiger partial charge in [0, 0.05) is 6.54 Å². The van der Waals surface area contributed by atoms with Crippen LogP contribution in [0.4, 0.5) is 0 Å². The number of aliphatic hydroxyl groups excluding tert-OH is 1. The zero-order valence-electron chi connectivity index (χ0n) is 6.17. The molecule has 0 radical (unpaired) electrons. The maximum atomic E-state index is 10.5. The number of carbonyl (C=O) groups excluding carboxylic acids is 1. The highest BCUT2D eigenvalue weighted by atomic mass is 35.5. The predicted molar refractivity (Wildman–Crippen MR) is 40.0 cm³/mol. The van der Waals surface area contributed by atoms with E-state index in [1.165, 1.54) is 0 Å². The van der Waals surface area contributed by atoms with Crippen molar-refractivity contribution in [3.8, 4) is 0 Å². The number of halogens is 1. The zero-order valence-corrected chi connectivity index (χ0v) is 6.93. The summed E-state index contributed by atoms with van der Waals surface area (Å²) < 4.78 is 0. The molecule has 0 fully saturated rings. The quantitative estimate of drug-likeness (QED) is 0.600. The Balaban J connectivity index is 3.69. The summed E-state index contributed by atoms with van der Waals surface area (Å²) in [5.74, 6) is 0. The first kappa shape index (κ1) is 9.88. The molecule has 0 amide bonds. The van der Waals surface area contributed by atoms with Gasteiger partial charge in [0.15, 0.2) is 0 Å². The lowest BCUT2D eigenvalue weighted by atomic mass is 10.3. The van der Waals surface area contributed by atoms with Crippen LogP contribution in [0.1, 0.15) is 6.92 Å². The fourth-order valence-corrected chi connectivity index (χ4v) is 0.691. The van der Waals surface area contributed by atoms with Crippen LogP contribution >= 0.6 is 11.6 Å². The van der Waals surface area contributed by atoms with Crippen molar-refractivity contribution in [2.45, 2.75) is 13.0 Å². The van der Waals surface area contributed by atoms with Crippen LogP contribution in [-0.2, 0) is 4.79 Å². The summed E-state index contributed by atoms with van der Waals surface area (Å²) in [7, 11) is 1.74. The van der Waals surface area contributed by atoms with Crippen molar-refractivity contribution in [2.75, 3.05) is 20.2 Å². The summed E-state index contributed by atoms with van der Waals surface area (Å²) in [6.07, 6.45) is 0. The molecule has 0 aliphatic carbocycles. The minimum Gasteiger partial charge on any atom is -0.395 e. The maximum absolute atomic E-state index is 10.5. The van der Waals surface area contributed by atoms with Gasteiger partial charge in [0.2, 0.25) is 5.24 Å². The Morgan fingerprint density at radius 1 is 1.80 bits per heavy atom. The number of rotatable bonds is 4. The van der Waals surface area contributed by atoms with Gasteiger partial charge in [-0.25, -0.2) is 0 Å². The largest absolute Gasteiger partial charge is 0.395 e. The van der Waals surface area contributed by atoms with Crippen LogP contribution < -0.4 is 0 Å². The third-order valence-electron chi connectivity index (χ3n) is 1.44. The first-order valence-corrected chi connectivity index (χ1v) is 3.47. The van der Waals surface area contributed by atoms with Gasteiger partial charge in [0.05, 0.1) is 12.6 Å². The average molecular weight is 166 g/mol. The van der Waals surface area contributed by atoms with E-state index >= 15 is 0 Å².